The number of ether oxygens (including phenoxy) is 2. The van der Waals surface area contributed by atoms with Crippen LogP contribution in [0.5, 0.6) is 11.5 Å². The smallest absolute Gasteiger partial charge is 0.254 e. The van der Waals surface area contributed by atoms with Gasteiger partial charge in [-0.1, -0.05) is 30.3 Å². The molecule has 3 N–H and O–H groups in total. The van der Waals surface area contributed by atoms with E-state index in [0.29, 0.717) is 62.4 Å². The van der Waals surface area contributed by atoms with Crippen LogP contribution < -0.4 is 25.4 Å². The summed E-state index contributed by atoms with van der Waals surface area (Å²) in [7, 11) is 3.09. The van der Waals surface area contributed by atoms with Crippen LogP contribution in [0.15, 0.2) is 60.3 Å². The number of aryl methyl sites for hydroxylation is 1. The third-order valence-electron chi connectivity index (χ3n) is 11.4. The van der Waals surface area contributed by atoms with Crippen LogP contribution >= 0.6 is 0 Å². The van der Waals surface area contributed by atoms with Crippen LogP contribution in [0.25, 0.3) is 0 Å². The number of rotatable bonds is 13. The molecule has 4 amide bonds. The molecule has 11 nitrogen and oxygen atoms in total. The third-order valence-corrected chi connectivity index (χ3v) is 11.4. The maximum atomic E-state index is 14.4. The number of halogens is 1. The molecular formula is C41H54FN5O6. The number of carbonyl (C=O) groups is 4. The van der Waals surface area contributed by atoms with Crippen molar-refractivity contribution in [2.75, 3.05) is 40.3 Å². The number of carbonyl (C=O) groups excluding carboxylic acids is 4. The normalized spacial score (nSPS) is 25.4. The number of hydrogen-bond donors (Lipinski definition) is 3. The summed E-state index contributed by atoms with van der Waals surface area (Å²) >= 11 is 0. The molecule has 1 aliphatic carbocycles. The van der Waals surface area contributed by atoms with Crippen molar-refractivity contribution in [2.24, 2.45) is 23.7 Å². The van der Waals surface area contributed by atoms with E-state index in [-0.39, 0.29) is 66.5 Å². The molecule has 1 saturated carbocycles. The van der Waals surface area contributed by atoms with Gasteiger partial charge in [0.25, 0.3) is 5.91 Å². The second-order valence-electron chi connectivity index (χ2n) is 15.3. The van der Waals surface area contributed by atoms with E-state index in [2.05, 4.69) is 16.0 Å². The van der Waals surface area contributed by atoms with Crippen molar-refractivity contribution in [1.82, 2.24) is 25.8 Å². The molecule has 7 atom stereocenters. The molecule has 6 unspecified atom stereocenters. The fourth-order valence-corrected chi connectivity index (χ4v) is 8.65. The minimum Gasteiger partial charge on any atom is -0.493 e. The first-order valence-electron chi connectivity index (χ1n) is 19.1. The highest BCUT2D eigenvalue weighted by Crippen LogP contribution is 2.40. The summed E-state index contributed by atoms with van der Waals surface area (Å²) in [5.41, 5.74) is 2.51. The van der Waals surface area contributed by atoms with Crippen molar-refractivity contribution in [2.45, 2.75) is 83.2 Å². The monoisotopic (exact) mass is 731 g/mol. The van der Waals surface area contributed by atoms with Crippen LogP contribution in [-0.2, 0) is 20.8 Å². The van der Waals surface area contributed by atoms with Crippen LogP contribution in [0.2, 0.25) is 0 Å². The van der Waals surface area contributed by atoms with Crippen LogP contribution in [-0.4, -0.2) is 98.1 Å². The molecule has 2 saturated heterocycles. The summed E-state index contributed by atoms with van der Waals surface area (Å²) in [6.07, 6.45) is 4.67. The van der Waals surface area contributed by atoms with Crippen molar-refractivity contribution in [3.8, 4) is 11.5 Å². The molecule has 0 spiro atoms. The Labute approximate surface area is 312 Å². The maximum absolute atomic E-state index is 14.4. The second-order valence-corrected chi connectivity index (χ2v) is 15.3. The van der Waals surface area contributed by atoms with E-state index in [9.17, 15) is 23.6 Å². The summed E-state index contributed by atoms with van der Waals surface area (Å²) in [5, 5.41) is 9.09. The Morgan fingerprint density at radius 3 is 2.49 bits per heavy atom. The van der Waals surface area contributed by atoms with Crippen LogP contribution in [0.3, 0.4) is 0 Å². The van der Waals surface area contributed by atoms with Crippen LogP contribution in [0.1, 0.15) is 68.3 Å². The van der Waals surface area contributed by atoms with Crippen LogP contribution in [0.4, 0.5) is 4.39 Å². The molecule has 0 radical (unpaired) electrons. The zero-order valence-electron chi connectivity index (χ0n) is 31.3. The molecule has 286 valence electrons. The third kappa shape index (κ3) is 8.96. The number of hydrogen-bond acceptors (Lipinski definition) is 7. The summed E-state index contributed by atoms with van der Waals surface area (Å²) < 4.78 is 25.8. The van der Waals surface area contributed by atoms with Crippen molar-refractivity contribution < 1.29 is 33.0 Å². The lowest BCUT2D eigenvalue weighted by molar-refractivity contribution is -0.140. The van der Waals surface area contributed by atoms with E-state index in [1.807, 2.05) is 50.4 Å². The van der Waals surface area contributed by atoms with Gasteiger partial charge in [-0.3, -0.25) is 19.2 Å². The number of likely N-dealkylation sites (tertiary alicyclic amines) is 2. The van der Waals surface area contributed by atoms with E-state index in [0.717, 1.165) is 24.0 Å². The summed E-state index contributed by atoms with van der Waals surface area (Å²) in [5.74, 6) is -0.902. The first-order chi connectivity index (χ1) is 25.5. The zero-order chi connectivity index (χ0) is 37.6. The highest BCUT2D eigenvalue weighted by atomic mass is 19.1. The van der Waals surface area contributed by atoms with Gasteiger partial charge < -0.3 is 35.2 Å². The van der Waals surface area contributed by atoms with Crippen molar-refractivity contribution in [3.63, 3.8) is 0 Å². The lowest BCUT2D eigenvalue weighted by Gasteiger charge is -2.40. The number of amides is 4. The Balaban J connectivity index is 1.19. The predicted molar refractivity (Wildman–Crippen MR) is 199 cm³/mol. The van der Waals surface area contributed by atoms with Gasteiger partial charge in [0, 0.05) is 57.2 Å². The number of methoxy groups -OCH3 is 1. The van der Waals surface area contributed by atoms with Gasteiger partial charge >= 0.3 is 0 Å². The summed E-state index contributed by atoms with van der Waals surface area (Å²) in [4.78, 5) is 58.8. The molecule has 6 rings (SSSR count). The lowest BCUT2D eigenvalue weighted by Crippen LogP contribution is -2.56. The zero-order valence-corrected chi connectivity index (χ0v) is 31.3. The molecule has 3 heterocycles. The standard InChI is InChI=1S/C41H54FN5O6/c1-25(2)53-36-16-13-27(17-37(36)52-4)41(51)47-22-29-21-46(38(48)18-28-20-44-34-15-14-30(42)19-31(28)34)24-33(32(29)23-47)39(49)45-35(40(50)43-3)12-8-11-26-9-6-5-7-10-26/h5-7,9-10,13,16-17,20,25,29-35,44H,8,11-12,14-15,18-19,21-24H2,1-4H3,(H,43,50)(H,45,49)/t29?,30?,31?,32?,33?,34?,35-/m0/s1. The topological polar surface area (TPSA) is 129 Å². The molecule has 0 bridgehead atoms. The van der Waals surface area contributed by atoms with Crippen molar-refractivity contribution in [3.05, 3.63) is 71.4 Å². The van der Waals surface area contributed by atoms with Gasteiger partial charge in [0.15, 0.2) is 11.5 Å². The van der Waals surface area contributed by atoms with Gasteiger partial charge in [0.05, 0.1) is 19.1 Å². The van der Waals surface area contributed by atoms with E-state index in [1.165, 1.54) is 7.11 Å². The molecule has 2 aromatic carbocycles. The lowest BCUT2D eigenvalue weighted by atomic mass is 9.78. The second kappa shape index (κ2) is 17.0. The minimum atomic E-state index is -0.875. The van der Waals surface area contributed by atoms with Gasteiger partial charge in [-0.05, 0) is 99.7 Å². The summed E-state index contributed by atoms with van der Waals surface area (Å²) in [6.45, 7) is 5.12. The van der Waals surface area contributed by atoms with Crippen LogP contribution in [0, 0.1) is 23.7 Å². The van der Waals surface area contributed by atoms with Gasteiger partial charge in [-0.2, -0.15) is 0 Å². The fourth-order valence-electron chi connectivity index (χ4n) is 8.65. The van der Waals surface area contributed by atoms with Gasteiger partial charge in [-0.15, -0.1) is 0 Å². The first kappa shape index (κ1) is 38.1. The van der Waals surface area contributed by atoms with Gasteiger partial charge in [-0.25, -0.2) is 4.39 Å². The number of alkyl halides is 1. The Kier molecular flexibility index (Phi) is 12.2. The Morgan fingerprint density at radius 2 is 1.75 bits per heavy atom. The van der Waals surface area contributed by atoms with Crippen molar-refractivity contribution in [1.29, 1.82) is 0 Å². The molecule has 3 aliphatic heterocycles. The Hall–Kier alpha value is -4.61. The fraction of sp³-hybridized carbons (Fsp3) is 0.561. The quantitative estimate of drug-likeness (QED) is 0.281. The number of benzene rings is 2. The van der Waals surface area contributed by atoms with Crippen molar-refractivity contribution >= 4 is 23.6 Å². The molecule has 12 heteroatoms. The number of nitrogens with one attached hydrogen (secondary N) is 3. The average molecular weight is 732 g/mol. The SMILES string of the molecule is CNC(=O)[C@H](CCCc1ccccc1)NC(=O)C1CN(C(=O)CC2=CNC3CCC(F)CC23)CC2CN(C(=O)c3ccc(OC(C)C)c(OC)c3)CC21. The number of likely N-dealkylation sites (N-methyl/N-ethyl adjacent to an activating group) is 1. The minimum absolute atomic E-state index is 0.0163. The molecular weight excluding hydrogens is 677 g/mol. The largest absolute Gasteiger partial charge is 0.493 e. The van der Waals surface area contributed by atoms with E-state index in [1.54, 1.807) is 35.0 Å². The predicted octanol–water partition coefficient (Wildman–Crippen LogP) is 4.27. The average Bonchev–Trinajstić information content (AvgIpc) is 3.77. The number of piperidine rings is 1. The summed E-state index contributed by atoms with van der Waals surface area (Å²) in [6, 6.07) is 14.5. The molecule has 0 aromatic heterocycles. The number of nitrogens with zero attached hydrogens (tertiary/aromatic N) is 2. The number of fused-ring (bicyclic) bond motifs is 2. The first-order valence-corrected chi connectivity index (χ1v) is 19.1. The van der Waals surface area contributed by atoms with Gasteiger partial charge in [0.2, 0.25) is 17.7 Å². The molecule has 2 aromatic rings. The van der Waals surface area contributed by atoms with E-state index < -0.39 is 18.1 Å². The highest BCUT2D eigenvalue weighted by Gasteiger charge is 2.49. The molecule has 4 aliphatic rings. The Bertz CT molecular complexity index is 1670. The van der Waals surface area contributed by atoms with Gasteiger partial charge in [0.1, 0.15) is 12.2 Å². The Morgan fingerprint density at radius 1 is 0.981 bits per heavy atom. The highest BCUT2D eigenvalue weighted by molar-refractivity contribution is 5.95. The van der Waals surface area contributed by atoms with E-state index >= 15 is 0 Å². The molecule has 3 fully saturated rings. The molecule has 53 heavy (non-hydrogen) atoms. The van der Waals surface area contributed by atoms with E-state index in [4.69, 9.17) is 9.47 Å². The maximum Gasteiger partial charge on any atom is 0.254 e.